The Kier molecular flexibility index (Phi) is 3.30. The molecule has 20 heavy (non-hydrogen) atoms. The second-order valence-electron chi connectivity index (χ2n) is 5.52. The van der Waals surface area contributed by atoms with Crippen molar-refractivity contribution in [2.75, 3.05) is 11.1 Å². The maximum atomic E-state index is 5.99. The lowest BCUT2D eigenvalue weighted by atomic mass is 10.2. The monoisotopic (exact) mass is 272 g/mol. The van der Waals surface area contributed by atoms with Gasteiger partial charge in [-0.25, -0.2) is 15.0 Å². The number of hydrogen-bond acceptors (Lipinski definition) is 5. The highest BCUT2D eigenvalue weighted by molar-refractivity contribution is 5.55. The molecule has 1 saturated carbocycles. The minimum Gasteiger partial charge on any atom is -0.383 e. The molecule has 2 aromatic rings. The largest absolute Gasteiger partial charge is 0.383 e. The van der Waals surface area contributed by atoms with Crippen LogP contribution in [0.1, 0.15) is 37.1 Å². The Morgan fingerprint density at radius 1 is 1.45 bits per heavy atom. The summed E-state index contributed by atoms with van der Waals surface area (Å²) in [6, 6.07) is 0.240. The molecular weight excluding hydrogens is 252 g/mol. The number of nitrogens with two attached hydrogens (primary N) is 1. The van der Waals surface area contributed by atoms with E-state index in [0.717, 1.165) is 23.8 Å². The topological polar surface area (TPSA) is 81.6 Å². The summed E-state index contributed by atoms with van der Waals surface area (Å²) >= 11 is 0. The van der Waals surface area contributed by atoms with Crippen LogP contribution in [0, 0.1) is 6.92 Å². The number of nitrogens with zero attached hydrogens (tertiary/aromatic N) is 4. The molecule has 106 valence electrons. The van der Waals surface area contributed by atoms with Crippen molar-refractivity contribution in [1.29, 1.82) is 0 Å². The molecule has 0 bridgehead atoms. The standard InChI is InChI=1S/C14H20N6/c1-9(7-20-6-5-16-8-20)17-13-10(2)12(15)18-14(19-13)11-3-4-11/h5-6,8-9,11H,3-4,7H2,1-2H3,(H3,15,17,18,19). The maximum Gasteiger partial charge on any atom is 0.136 e. The number of hydrogen-bond donors (Lipinski definition) is 2. The molecule has 0 saturated heterocycles. The number of nitrogen functional groups attached to an aromatic ring is 1. The fourth-order valence-corrected chi connectivity index (χ4v) is 2.21. The van der Waals surface area contributed by atoms with Crippen molar-refractivity contribution in [2.45, 2.75) is 45.2 Å². The van der Waals surface area contributed by atoms with E-state index in [1.807, 2.05) is 24.0 Å². The van der Waals surface area contributed by atoms with Crippen molar-refractivity contribution < 1.29 is 0 Å². The first kappa shape index (κ1) is 12.9. The van der Waals surface area contributed by atoms with Crippen LogP contribution in [0.25, 0.3) is 0 Å². The maximum absolute atomic E-state index is 5.99. The van der Waals surface area contributed by atoms with E-state index in [4.69, 9.17) is 5.73 Å². The summed E-state index contributed by atoms with van der Waals surface area (Å²) in [4.78, 5) is 13.1. The van der Waals surface area contributed by atoms with Crippen LogP contribution >= 0.6 is 0 Å². The van der Waals surface area contributed by atoms with Crippen LogP contribution in [0.4, 0.5) is 11.6 Å². The molecule has 0 spiro atoms. The third kappa shape index (κ3) is 2.74. The van der Waals surface area contributed by atoms with Crippen molar-refractivity contribution in [2.24, 2.45) is 0 Å². The van der Waals surface area contributed by atoms with Gasteiger partial charge in [-0.3, -0.25) is 0 Å². The van der Waals surface area contributed by atoms with Gasteiger partial charge in [-0.15, -0.1) is 0 Å². The van der Waals surface area contributed by atoms with E-state index in [1.165, 1.54) is 12.8 Å². The number of nitrogens with one attached hydrogen (secondary N) is 1. The molecule has 0 amide bonds. The summed E-state index contributed by atoms with van der Waals surface area (Å²) in [7, 11) is 0. The van der Waals surface area contributed by atoms with E-state index >= 15 is 0 Å². The zero-order valence-corrected chi connectivity index (χ0v) is 11.9. The van der Waals surface area contributed by atoms with Gasteiger partial charge in [0.2, 0.25) is 0 Å². The second kappa shape index (κ2) is 5.11. The molecule has 6 heteroatoms. The van der Waals surface area contributed by atoms with Crippen molar-refractivity contribution in [3.63, 3.8) is 0 Å². The molecule has 1 aliphatic carbocycles. The number of rotatable bonds is 5. The van der Waals surface area contributed by atoms with Gasteiger partial charge in [0, 0.05) is 36.5 Å². The Balaban J connectivity index is 1.75. The molecule has 2 aromatic heterocycles. The Hall–Kier alpha value is -2.11. The molecule has 0 aliphatic heterocycles. The van der Waals surface area contributed by atoms with Crippen LogP contribution in [-0.4, -0.2) is 25.6 Å². The van der Waals surface area contributed by atoms with Crippen molar-refractivity contribution in [1.82, 2.24) is 19.5 Å². The summed E-state index contributed by atoms with van der Waals surface area (Å²) in [5.41, 5.74) is 6.92. The molecule has 1 unspecified atom stereocenters. The van der Waals surface area contributed by atoms with Crippen LogP contribution in [0.2, 0.25) is 0 Å². The molecule has 2 heterocycles. The summed E-state index contributed by atoms with van der Waals surface area (Å²) in [5.74, 6) is 2.82. The summed E-state index contributed by atoms with van der Waals surface area (Å²) < 4.78 is 2.04. The van der Waals surface area contributed by atoms with Gasteiger partial charge in [-0.05, 0) is 26.7 Å². The van der Waals surface area contributed by atoms with Gasteiger partial charge in [0.05, 0.1) is 6.33 Å². The summed E-state index contributed by atoms with van der Waals surface area (Å²) in [6.45, 7) is 4.91. The van der Waals surface area contributed by atoms with E-state index in [2.05, 4.69) is 27.2 Å². The van der Waals surface area contributed by atoms with Crippen LogP contribution in [0.5, 0.6) is 0 Å². The number of anilines is 2. The predicted octanol–water partition coefficient (Wildman–Crippen LogP) is 1.94. The Morgan fingerprint density at radius 3 is 2.90 bits per heavy atom. The van der Waals surface area contributed by atoms with Crippen LogP contribution < -0.4 is 11.1 Å². The van der Waals surface area contributed by atoms with Crippen LogP contribution in [-0.2, 0) is 6.54 Å². The van der Waals surface area contributed by atoms with Gasteiger partial charge < -0.3 is 15.6 Å². The Morgan fingerprint density at radius 2 is 2.25 bits per heavy atom. The third-order valence-corrected chi connectivity index (χ3v) is 3.57. The molecule has 6 nitrogen and oxygen atoms in total. The molecule has 1 aliphatic rings. The highest BCUT2D eigenvalue weighted by atomic mass is 15.1. The third-order valence-electron chi connectivity index (χ3n) is 3.57. The zero-order valence-electron chi connectivity index (χ0n) is 11.9. The van der Waals surface area contributed by atoms with E-state index in [-0.39, 0.29) is 6.04 Å². The zero-order chi connectivity index (χ0) is 14.1. The number of aromatic nitrogens is 4. The number of imidazole rings is 1. The molecule has 0 radical (unpaired) electrons. The lowest BCUT2D eigenvalue weighted by molar-refractivity contribution is 0.616. The minimum atomic E-state index is 0.240. The van der Waals surface area contributed by atoms with Crippen molar-refractivity contribution >= 4 is 11.6 Å². The predicted molar refractivity (Wildman–Crippen MR) is 78.5 cm³/mol. The van der Waals surface area contributed by atoms with E-state index in [0.29, 0.717) is 11.7 Å². The summed E-state index contributed by atoms with van der Waals surface area (Å²) in [5, 5.41) is 3.43. The lowest BCUT2D eigenvalue weighted by Crippen LogP contribution is -2.23. The first-order valence-corrected chi connectivity index (χ1v) is 6.99. The highest BCUT2D eigenvalue weighted by Crippen LogP contribution is 2.39. The van der Waals surface area contributed by atoms with Crippen molar-refractivity contribution in [3.05, 3.63) is 30.1 Å². The second-order valence-corrected chi connectivity index (χ2v) is 5.52. The van der Waals surface area contributed by atoms with Gasteiger partial charge >= 0.3 is 0 Å². The van der Waals surface area contributed by atoms with Gasteiger partial charge in [0.15, 0.2) is 0 Å². The van der Waals surface area contributed by atoms with Gasteiger partial charge in [0.1, 0.15) is 17.5 Å². The normalized spacial score (nSPS) is 16.1. The lowest BCUT2D eigenvalue weighted by Gasteiger charge is -2.18. The van der Waals surface area contributed by atoms with E-state index < -0.39 is 0 Å². The molecule has 1 atom stereocenters. The van der Waals surface area contributed by atoms with Crippen molar-refractivity contribution in [3.8, 4) is 0 Å². The quantitative estimate of drug-likeness (QED) is 0.869. The molecule has 0 aromatic carbocycles. The van der Waals surface area contributed by atoms with Gasteiger partial charge in [-0.1, -0.05) is 0 Å². The Bertz CT molecular complexity index is 588. The first-order chi connectivity index (χ1) is 9.63. The minimum absolute atomic E-state index is 0.240. The van der Waals surface area contributed by atoms with Crippen LogP contribution in [0.3, 0.4) is 0 Å². The average Bonchev–Trinajstić information content (AvgIpc) is 3.14. The average molecular weight is 272 g/mol. The van der Waals surface area contributed by atoms with Gasteiger partial charge in [-0.2, -0.15) is 0 Å². The molecule has 3 N–H and O–H groups in total. The SMILES string of the molecule is Cc1c(N)nc(C2CC2)nc1NC(C)Cn1ccnc1. The molecular formula is C14H20N6. The van der Waals surface area contributed by atoms with E-state index in [9.17, 15) is 0 Å². The molecule has 1 fully saturated rings. The summed E-state index contributed by atoms with van der Waals surface area (Å²) in [6.07, 6.45) is 7.90. The van der Waals surface area contributed by atoms with E-state index in [1.54, 1.807) is 6.20 Å². The fraction of sp³-hybridized carbons (Fsp3) is 0.500. The van der Waals surface area contributed by atoms with Crippen LogP contribution in [0.15, 0.2) is 18.7 Å². The van der Waals surface area contributed by atoms with Gasteiger partial charge in [0.25, 0.3) is 0 Å². The highest BCUT2D eigenvalue weighted by Gasteiger charge is 2.28. The first-order valence-electron chi connectivity index (χ1n) is 6.99. The molecule has 3 rings (SSSR count). The Labute approximate surface area is 118 Å². The fourth-order valence-electron chi connectivity index (χ4n) is 2.21. The smallest absolute Gasteiger partial charge is 0.136 e.